The molecule has 1 amide bonds. The normalized spacial score (nSPS) is 11.5. The van der Waals surface area contributed by atoms with Crippen LogP contribution < -0.4 is 4.74 Å². The van der Waals surface area contributed by atoms with Crippen molar-refractivity contribution in [3.63, 3.8) is 0 Å². The predicted octanol–water partition coefficient (Wildman–Crippen LogP) is 3.11. The summed E-state index contributed by atoms with van der Waals surface area (Å²) in [4.78, 5) is 13.3. The lowest BCUT2D eigenvalue weighted by Gasteiger charge is -2.26. The average molecular weight is 287 g/mol. The van der Waals surface area contributed by atoms with Crippen molar-refractivity contribution in [2.24, 2.45) is 0 Å². The zero-order chi connectivity index (χ0) is 15.6. The quantitative estimate of drug-likeness (QED) is 0.812. The van der Waals surface area contributed by atoms with Crippen LogP contribution in [0.4, 0.5) is 4.79 Å². The molecule has 0 fully saturated rings. The van der Waals surface area contributed by atoms with Gasteiger partial charge in [0, 0.05) is 14.1 Å². The molecule has 4 heteroatoms. The number of benzene rings is 2. The van der Waals surface area contributed by atoms with E-state index in [4.69, 9.17) is 4.74 Å². The van der Waals surface area contributed by atoms with Gasteiger partial charge in [0.05, 0.1) is 26.7 Å². The molecule has 0 saturated heterocycles. The highest BCUT2D eigenvalue weighted by Gasteiger charge is 2.19. The lowest BCUT2D eigenvalue weighted by molar-refractivity contribution is -0.883. The number of ether oxygens (including phenoxy) is 1. The highest BCUT2D eigenvalue weighted by molar-refractivity contribution is 5.88. The molecule has 21 heavy (non-hydrogen) atoms. The van der Waals surface area contributed by atoms with Gasteiger partial charge in [0.1, 0.15) is 12.3 Å². The van der Waals surface area contributed by atoms with Gasteiger partial charge >= 0.3 is 6.09 Å². The minimum atomic E-state index is -0.354. The second kappa shape index (κ2) is 5.74. The van der Waals surface area contributed by atoms with Gasteiger partial charge in [0.15, 0.2) is 0 Å². The van der Waals surface area contributed by atoms with E-state index in [1.54, 1.807) is 14.1 Å². The second-order valence-electron chi connectivity index (χ2n) is 6.47. The highest BCUT2D eigenvalue weighted by Crippen LogP contribution is 2.30. The zero-order valence-corrected chi connectivity index (χ0v) is 13.4. The maximum atomic E-state index is 11.9. The van der Waals surface area contributed by atoms with Crippen molar-refractivity contribution >= 4 is 16.9 Å². The molecule has 0 saturated carbocycles. The number of fused-ring (bicyclic) bond motifs is 1. The number of carbonyl (C=O) groups excluding carboxylic acids is 1. The summed E-state index contributed by atoms with van der Waals surface area (Å²) < 4.78 is 6.30. The van der Waals surface area contributed by atoms with Gasteiger partial charge in [-0.05, 0) is 16.8 Å². The number of nitrogens with zero attached hydrogens (tertiary/aromatic N) is 2. The average Bonchev–Trinajstić information content (AvgIpc) is 2.39. The van der Waals surface area contributed by atoms with Crippen molar-refractivity contribution in [1.29, 1.82) is 0 Å². The number of carbonyl (C=O) groups is 1. The monoisotopic (exact) mass is 287 g/mol. The first kappa shape index (κ1) is 15.3. The Morgan fingerprint density at radius 3 is 2.38 bits per heavy atom. The maximum absolute atomic E-state index is 11.9. The van der Waals surface area contributed by atoms with E-state index in [1.807, 2.05) is 24.3 Å². The SMILES string of the molecule is CN(C)C(=O)Oc1ccc2ccccc2c1C[N+](C)(C)C. The molecule has 0 bridgehead atoms. The van der Waals surface area contributed by atoms with Crippen LogP contribution in [0.2, 0.25) is 0 Å². The third kappa shape index (κ3) is 3.73. The van der Waals surface area contributed by atoms with Gasteiger partial charge in [0.2, 0.25) is 0 Å². The van der Waals surface area contributed by atoms with Crippen molar-refractivity contribution in [2.45, 2.75) is 6.54 Å². The molecule has 0 aliphatic carbocycles. The second-order valence-corrected chi connectivity index (χ2v) is 6.47. The molecule has 0 aliphatic rings. The molecule has 0 N–H and O–H groups in total. The van der Waals surface area contributed by atoms with Crippen LogP contribution in [0, 0.1) is 0 Å². The molecule has 0 unspecified atom stereocenters. The molecular formula is C17H23N2O2+. The number of amides is 1. The Labute approximate surface area is 126 Å². The Morgan fingerprint density at radius 1 is 1.10 bits per heavy atom. The third-order valence-corrected chi connectivity index (χ3v) is 3.19. The van der Waals surface area contributed by atoms with Crippen LogP contribution in [0.25, 0.3) is 10.8 Å². The smallest absolute Gasteiger partial charge is 0.410 e. The fraction of sp³-hybridized carbons (Fsp3) is 0.353. The number of quaternary nitrogens is 1. The largest absolute Gasteiger partial charge is 0.414 e. The van der Waals surface area contributed by atoms with Gasteiger partial charge in [0.25, 0.3) is 0 Å². The standard InChI is InChI=1S/C17H23N2O2/c1-18(2)17(20)21-16-11-10-13-8-6-7-9-14(13)15(16)12-19(3,4)5/h6-11H,12H2,1-5H3/q+1. The Morgan fingerprint density at radius 2 is 1.76 bits per heavy atom. The van der Waals surface area contributed by atoms with E-state index in [1.165, 1.54) is 4.90 Å². The molecule has 0 atom stereocenters. The summed E-state index contributed by atoms with van der Waals surface area (Å²) >= 11 is 0. The Hall–Kier alpha value is -2.07. The first-order valence-corrected chi connectivity index (χ1v) is 6.98. The molecule has 2 rings (SSSR count). The predicted molar refractivity (Wildman–Crippen MR) is 85.4 cm³/mol. The molecule has 2 aromatic rings. The Bertz CT molecular complexity index is 657. The molecule has 0 spiro atoms. The van der Waals surface area contributed by atoms with Crippen molar-refractivity contribution < 1.29 is 14.0 Å². The number of rotatable bonds is 3. The van der Waals surface area contributed by atoms with Crippen LogP contribution in [-0.4, -0.2) is 50.7 Å². The van der Waals surface area contributed by atoms with E-state index in [9.17, 15) is 4.79 Å². The van der Waals surface area contributed by atoms with Crippen molar-refractivity contribution in [1.82, 2.24) is 4.90 Å². The van der Waals surface area contributed by atoms with Gasteiger partial charge in [-0.15, -0.1) is 0 Å². The summed E-state index contributed by atoms with van der Waals surface area (Å²) in [5.41, 5.74) is 1.07. The Kier molecular flexibility index (Phi) is 4.19. The maximum Gasteiger partial charge on any atom is 0.414 e. The van der Waals surface area contributed by atoms with Gasteiger partial charge in [-0.25, -0.2) is 4.79 Å². The first-order chi connectivity index (χ1) is 9.78. The minimum absolute atomic E-state index is 0.354. The molecular weight excluding hydrogens is 264 g/mol. The summed E-state index contributed by atoms with van der Waals surface area (Å²) in [7, 11) is 9.74. The summed E-state index contributed by atoms with van der Waals surface area (Å²) in [6.45, 7) is 0.789. The van der Waals surface area contributed by atoms with E-state index < -0.39 is 0 Å². The molecule has 0 heterocycles. The highest BCUT2D eigenvalue weighted by atomic mass is 16.6. The lowest BCUT2D eigenvalue weighted by atomic mass is 10.0. The Balaban J connectivity index is 2.53. The summed E-state index contributed by atoms with van der Waals surface area (Å²) in [6, 6.07) is 12.1. The number of hydrogen-bond acceptors (Lipinski definition) is 2. The molecule has 112 valence electrons. The van der Waals surface area contributed by atoms with Crippen LogP contribution >= 0.6 is 0 Å². The number of hydrogen-bond donors (Lipinski definition) is 0. The van der Waals surface area contributed by atoms with E-state index >= 15 is 0 Å². The summed E-state index contributed by atoms with van der Waals surface area (Å²) in [6.07, 6.45) is -0.354. The molecule has 0 aliphatic heterocycles. The molecule has 0 radical (unpaired) electrons. The van der Waals surface area contributed by atoms with Gasteiger partial charge in [-0.1, -0.05) is 30.3 Å². The van der Waals surface area contributed by atoms with Crippen LogP contribution in [0.15, 0.2) is 36.4 Å². The van der Waals surface area contributed by atoms with E-state index in [0.717, 1.165) is 27.4 Å². The molecule has 0 aromatic heterocycles. The van der Waals surface area contributed by atoms with Crippen molar-refractivity contribution in [3.8, 4) is 5.75 Å². The molecule has 2 aromatic carbocycles. The van der Waals surface area contributed by atoms with Gasteiger partial charge in [-0.3, -0.25) is 0 Å². The van der Waals surface area contributed by atoms with E-state index in [-0.39, 0.29) is 6.09 Å². The summed E-state index contributed by atoms with van der Waals surface area (Å²) in [5.74, 6) is 0.639. The van der Waals surface area contributed by atoms with Crippen LogP contribution in [0.1, 0.15) is 5.56 Å². The molecule has 4 nitrogen and oxygen atoms in total. The van der Waals surface area contributed by atoms with Crippen molar-refractivity contribution in [3.05, 3.63) is 42.0 Å². The van der Waals surface area contributed by atoms with Crippen molar-refractivity contribution in [2.75, 3.05) is 35.2 Å². The lowest BCUT2D eigenvalue weighted by Crippen LogP contribution is -2.34. The van der Waals surface area contributed by atoms with E-state index in [0.29, 0.717) is 5.75 Å². The fourth-order valence-electron chi connectivity index (χ4n) is 2.23. The van der Waals surface area contributed by atoms with Crippen LogP contribution in [0.5, 0.6) is 5.75 Å². The third-order valence-electron chi connectivity index (χ3n) is 3.19. The summed E-state index contributed by atoms with van der Waals surface area (Å²) in [5, 5.41) is 2.29. The van der Waals surface area contributed by atoms with E-state index in [2.05, 4.69) is 33.3 Å². The zero-order valence-electron chi connectivity index (χ0n) is 13.4. The topological polar surface area (TPSA) is 29.5 Å². The fourth-order valence-corrected chi connectivity index (χ4v) is 2.23. The minimum Gasteiger partial charge on any atom is -0.410 e. The van der Waals surface area contributed by atoms with Crippen LogP contribution in [-0.2, 0) is 6.54 Å². The van der Waals surface area contributed by atoms with Gasteiger partial charge in [-0.2, -0.15) is 0 Å². The van der Waals surface area contributed by atoms with Gasteiger partial charge < -0.3 is 14.1 Å². The first-order valence-electron chi connectivity index (χ1n) is 6.98. The van der Waals surface area contributed by atoms with Crippen LogP contribution in [0.3, 0.4) is 0 Å².